The monoisotopic (exact) mass is 501 g/mol. The fraction of sp³-hybridized carbons (Fsp3) is 0.304. The average molecular weight is 501 g/mol. The van der Waals surface area contributed by atoms with Gasteiger partial charge in [-0.2, -0.15) is 5.10 Å². The fourth-order valence-electron chi connectivity index (χ4n) is 3.87. The second kappa shape index (κ2) is 9.43. The van der Waals surface area contributed by atoms with E-state index in [1.54, 1.807) is 0 Å². The van der Waals surface area contributed by atoms with Crippen molar-refractivity contribution in [1.82, 2.24) is 9.78 Å². The molecule has 5 nitrogen and oxygen atoms in total. The molecule has 1 aliphatic carbocycles. The van der Waals surface area contributed by atoms with Gasteiger partial charge in [0.1, 0.15) is 0 Å². The number of benzene rings is 2. The molecule has 0 atom stereocenters. The maximum Gasteiger partial charge on any atom is 0.193 e. The van der Waals surface area contributed by atoms with Gasteiger partial charge in [-0.3, -0.25) is 4.68 Å². The van der Waals surface area contributed by atoms with E-state index < -0.39 is 0 Å². The van der Waals surface area contributed by atoms with Gasteiger partial charge in [-0.05, 0) is 61.9 Å². The molecule has 0 saturated heterocycles. The third-order valence-electron chi connectivity index (χ3n) is 5.48. The zero-order valence-electron chi connectivity index (χ0n) is 17.0. The third-order valence-corrected chi connectivity index (χ3v) is 5.48. The van der Waals surface area contributed by atoms with E-state index in [1.165, 1.54) is 29.5 Å². The number of nitrogens with zero attached hydrogens (tertiary/aromatic N) is 3. The van der Waals surface area contributed by atoms with E-state index in [-0.39, 0.29) is 24.0 Å². The van der Waals surface area contributed by atoms with Crippen LogP contribution in [0.15, 0.2) is 53.5 Å². The molecular weight excluding hydrogens is 473 g/mol. The zero-order valence-corrected chi connectivity index (χ0v) is 19.3. The van der Waals surface area contributed by atoms with Crippen molar-refractivity contribution < 1.29 is 0 Å². The van der Waals surface area contributed by atoms with Gasteiger partial charge in [-0.15, -0.1) is 24.0 Å². The number of anilines is 1. The molecular formula is C23H28IN5. The molecule has 1 aliphatic rings. The lowest BCUT2D eigenvalue weighted by atomic mass is 10.1. The Bertz CT molecular complexity index is 1010. The Balaban J connectivity index is 0.00000240. The Morgan fingerprint density at radius 2 is 1.86 bits per heavy atom. The fourth-order valence-corrected chi connectivity index (χ4v) is 3.87. The molecule has 0 bridgehead atoms. The van der Waals surface area contributed by atoms with Crippen LogP contribution in [0.3, 0.4) is 0 Å². The van der Waals surface area contributed by atoms with Gasteiger partial charge in [0.05, 0.1) is 18.8 Å². The van der Waals surface area contributed by atoms with Crippen molar-refractivity contribution in [3.63, 3.8) is 0 Å². The van der Waals surface area contributed by atoms with E-state index in [1.807, 2.05) is 17.7 Å². The topological polar surface area (TPSA) is 68.2 Å². The van der Waals surface area contributed by atoms with Gasteiger partial charge >= 0.3 is 0 Å². The number of aromatic nitrogens is 2. The molecule has 152 valence electrons. The van der Waals surface area contributed by atoms with E-state index in [0.717, 1.165) is 35.6 Å². The normalized spacial score (nSPS) is 13.1. The lowest BCUT2D eigenvalue weighted by Crippen LogP contribution is -2.22. The SMILES string of the molecule is Cc1nn(Cc2ccccc2)c(C)c1CN=C(N)Nc1ccc2c(c1)CCC2.I. The summed E-state index contributed by atoms with van der Waals surface area (Å²) in [5.41, 5.74) is 14.5. The van der Waals surface area contributed by atoms with Gasteiger partial charge in [0, 0.05) is 16.9 Å². The Morgan fingerprint density at radius 3 is 2.66 bits per heavy atom. The smallest absolute Gasteiger partial charge is 0.193 e. The van der Waals surface area contributed by atoms with E-state index in [2.05, 4.69) is 59.7 Å². The minimum absolute atomic E-state index is 0. The summed E-state index contributed by atoms with van der Waals surface area (Å²) in [5.74, 6) is 0.438. The highest BCUT2D eigenvalue weighted by Crippen LogP contribution is 2.24. The summed E-state index contributed by atoms with van der Waals surface area (Å²) in [5, 5.41) is 7.92. The zero-order chi connectivity index (χ0) is 19.5. The molecule has 4 rings (SSSR count). The second-order valence-corrected chi connectivity index (χ2v) is 7.46. The van der Waals surface area contributed by atoms with Crippen molar-refractivity contribution >= 4 is 35.6 Å². The Kier molecular flexibility index (Phi) is 6.95. The van der Waals surface area contributed by atoms with Crippen molar-refractivity contribution in [1.29, 1.82) is 0 Å². The molecule has 3 N–H and O–H groups in total. The van der Waals surface area contributed by atoms with Crippen molar-refractivity contribution in [2.75, 3.05) is 5.32 Å². The lowest BCUT2D eigenvalue weighted by molar-refractivity contribution is 0.658. The van der Waals surface area contributed by atoms with Crippen LogP contribution < -0.4 is 11.1 Å². The molecule has 3 aromatic rings. The predicted octanol–water partition coefficient (Wildman–Crippen LogP) is 4.58. The maximum atomic E-state index is 6.14. The quantitative estimate of drug-likeness (QED) is 0.306. The lowest BCUT2D eigenvalue weighted by Gasteiger charge is -2.08. The van der Waals surface area contributed by atoms with Crippen molar-refractivity contribution in [3.05, 3.63) is 82.2 Å². The van der Waals surface area contributed by atoms with Gasteiger partial charge in [-0.25, -0.2) is 4.99 Å². The average Bonchev–Trinajstić information content (AvgIpc) is 3.25. The molecule has 0 saturated carbocycles. The van der Waals surface area contributed by atoms with Crippen LogP contribution in [-0.4, -0.2) is 15.7 Å². The van der Waals surface area contributed by atoms with Crippen molar-refractivity contribution in [3.8, 4) is 0 Å². The summed E-state index contributed by atoms with van der Waals surface area (Å²) in [4.78, 5) is 4.56. The first-order valence-corrected chi connectivity index (χ1v) is 9.85. The highest BCUT2D eigenvalue weighted by atomic mass is 127. The highest BCUT2D eigenvalue weighted by molar-refractivity contribution is 14.0. The van der Waals surface area contributed by atoms with Crippen LogP contribution >= 0.6 is 24.0 Å². The number of hydrogen-bond acceptors (Lipinski definition) is 2. The number of hydrogen-bond donors (Lipinski definition) is 2. The number of guanidine groups is 1. The van der Waals surface area contributed by atoms with Gasteiger partial charge in [0.25, 0.3) is 0 Å². The van der Waals surface area contributed by atoms with Gasteiger partial charge < -0.3 is 11.1 Å². The molecule has 0 fully saturated rings. The summed E-state index contributed by atoms with van der Waals surface area (Å²) in [6, 6.07) is 16.8. The molecule has 6 heteroatoms. The van der Waals surface area contributed by atoms with Crippen LogP contribution in [0.2, 0.25) is 0 Å². The van der Waals surface area contributed by atoms with Crippen LogP contribution in [-0.2, 0) is 25.9 Å². The van der Waals surface area contributed by atoms with E-state index in [4.69, 9.17) is 10.8 Å². The van der Waals surface area contributed by atoms with E-state index >= 15 is 0 Å². The van der Waals surface area contributed by atoms with Gasteiger partial charge in [0.2, 0.25) is 0 Å². The standard InChI is InChI=1S/C23H27N5.HI/c1-16-22(17(2)28(27-16)15-18-7-4-3-5-8-18)14-25-23(24)26-21-12-11-19-9-6-10-20(19)13-21;/h3-5,7-8,11-13H,6,9-10,14-15H2,1-2H3,(H3,24,25,26);1H. The number of rotatable bonds is 5. The first-order chi connectivity index (χ1) is 13.6. The first-order valence-electron chi connectivity index (χ1n) is 9.85. The first kappa shape index (κ1) is 21.4. The highest BCUT2D eigenvalue weighted by Gasteiger charge is 2.13. The molecule has 2 aromatic carbocycles. The summed E-state index contributed by atoms with van der Waals surface area (Å²) < 4.78 is 2.04. The molecule has 1 aromatic heterocycles. The number of aryl methyl sites for hydroxylation is 3. The minimum atomic E-state index is 0. The van der Waals surface area contributed by atoms with Crippen LogP contribution in [0, 0.1) is 13.8 Å². The van der Waals surface area contributed by atoms with E-state index in [9.17, 15) is 0 Å². The van der Waals surface area contributed by atoms with Crippen molar-refractivity contribution in [2.45, 2.75) is 46.2 Å². The van der Waals surface area contributed by atoms with Gasteiger partial charge in [0.15, 0.2) is 5.96 Å². The predicted molar refractivity (Wildman–Crippen MR) is 130 cm³/mol. The molecule has 0 unspecified atom stereocenters. The van der Waals surface area contributed by atoms with Crippen molar-refractivity contribution in [2.24, 2.45) is 10.7 Å². The Labute approximate surface area is 189 Å². The molecule has 0 aliphatic heterocycles. The molecule has 0 amide bonds. The molecule has 29 heavy (non-hydrogen) atoms. The number of nitrogens with two attached hydrogens (primary N) is 1. The number of fused-ring (bicyclic) bond motifs is 1. The summed E-state index contributed by atoms with van der Waals surface area (Å²) >= 11 is 0. The van der Waals surface area contributed by atoms with E-state index in [0.29, 0.717) is 12.5 Å². The number of aliphatic imine (C=N–C) groups is 1. The Morgan fingerprint density at radius 1 is 1.10 bits per heavy atom. The largest absolute Gasteiger partial charge is 0.370 e. The maximum absolute atomic E-state index is 6.14. The van der Waals surface area contributed by atoms with Crippen LogP contribution in [0.4, 0.5) is 5.69 Å². The second-order valence-electron chi connectivity index (χ2n) is 7.46. The molecule has 0 spiro atoms. The van der Waals surface area contributed by atoms with Gasteiger partial charge in [-0.1, -0.05) is 36.4 Å². The van der Waals surface area contributed by atoms with Crippen LogP contribution in [0.25, 0.3) is 0 Å². The molecule has 1 heterocycles. The minimum Gasteiger partial charge on any atom is -0.370 e. The van der Waals surface area contributed by atoms with Crippen LogP contribution in [0.5, 0.6) is 0 Å². The Hall–Kier alpha value is -2.35. The summed E-state index contributed by atoms with van der Waals surface area (Å²) in [6.45, 7) is 5.41. The number of nitrogens with one attached hydrogen (secondary N) is 1. The summed E-state index contributed by atoms with van der Waals surface area (Å²) in [6.07, 6.45) is 3.58. The number of halogens is 1. The molecule has 0 radical (unpaired) electrons. The van der Waals surface area contributed by atoms with Crippen LogP contribution in [0.1, 0.15) is 40.1 Å². The third kappa shape index (κ3) is 4.98. The summed E-state index contributed by atoms with van der Waals surface area (Å²) in [7, 11) is 0.